The molecule has 0 aliphatic heterocycles. The van der Waals surface area contributed by atoms with Crippen LogP contribution >= 0.6 is 0 Å². The topological polar surface area (TPSA) is 76.0 Å². The monoisotopic (exact) mass is 420 g/mol. The van der Waals surface area contributed by atoms with Crippen LogP contribution in [0.4, 0.5) is 0 Å². The zero-order valence-electron chi connectivity index (χ0n) is 18.1. The summed E-state index contributed by atoms with van der Waals surface area (Å²) in [5, 5.41) is 10.0. The number of nitrogens with one attached hydrogen (secondary N) is 2. The molecule has 6 nitrogen and oxygen atoms in total. The number of hydrogen-bond donors (Lipinski definition) is 2. The van der Waals surface area contributed by atoms with Gasteiger partial charge in [0.25, 0.3) is 0 Å². The Bertz CT molecular complexity index is 884. The maximum absolute atomic E-state index is 12.6. The first-order valence-corrected chi connectivity index (χ1v) is 11.7. The van der Waals surface area contributed by atoms with Gasteiger partial charge < -0.3 is 10.6 Å². The molecule has 0 radical (unpaired) electrons. The number of carbonyl (C=O) groups excluding carboxylic acids is 2. The van der Waals surface area contributed by atoms with Gasteiger partial charge in [0, 0.05) is 25.4 Å². The van der Waals surface area contributed by atoms with Gasteiger partial charge in [-0.1, -0.05) is 12.1 Å². The van der Waals surface area contributed by atoms with Gasteiger partial charge in [0.1, 0.15) is 0 Å². The third-order valence-electron chi connectivity index (χ3n) is 7.59. The number of nitrogens with zero attached hydrogens (tertiary/aromatic N) is 2. The molecule has 2 amide bonds. The molecular weight excluding hydrogens is 388 g/mol. The van der Waals surface area contributed by atoms with Crippen molar-refractivity contribution in [2.75, 3.05) is 13.1 Å². The van der Waals surface area contributed by atoms with Gasteiger partial charge in [-0.05, 0) is 91.9 Å². The largest absolute Gasteiger partial charge is 0.354 e. The van der Waals surface area contributed by atoms with E-state index in [0.717, 1.165) is 35.4 Å². The Morgan fingerprint density at radius 3 is 2.26 bits per heavy atom. The lowest BCUT2D eigenvalue weighted by Crippen LogP contribution is -2.48. The Balaban J connectivity index is 1.02. The fraction of sp³-hybridized carbons (Fsp3) is 0.560. The second-order valence-corrected chi connectivity index (χ2v) is 10.1. The van der Waals surface area contributed by atoms with Crippen molar-refractivity contribution in [1.29, 1.82) is 0 Å². The first kappa shape index (κ1) is 20.3. The van der Waals surface area contributed by atoms with E-state index in [2.05, 4.69) is 27.9 Å². The van der Waals surface area contributed by atoms with Gasteiger partial charge >= 0.3 is 0 Å². The predicted octanol–water partition coefficient (Wildman–Crippen LogP) is 3.25. The molecule has 2 aromatic rings. The van der Waals surface area contributed by atoms with E-state index in [1.165, 1.54) is 38.5 Å². The second kappa shape index (κ2) is 8.48. The van der Waals surface area contributed by atoms with Gasteiger partial charge in [-0.3, -0.25) is 9.59 Å². The molecule has 4 aliphatic carbocycles. The highest BCUT2D eigenvalue weighted by atomic mass is 16.2. The summed E-state index contributed by atoms with van der Waals surface area (Å²) in [6.45, 7) is 0.633. The normalized spacial score (nSPS) is 28.5. The van der Waals surface area contributed by atoms with E-state index in [1.807, 2.05) is 29.1 Å². The Morgan fingerprint density at radius 2 is 1.65 bits per heavy atom. The molecule has 164 valence electrons. The third-order valence-corrected chi connectivity index (χ3v) is 7.59. The van der Waals surface area contributed by atoms with Crippen LogP contribution in [0.5, 0.6) is 0 Å². The van der Waals surface area contributed by atoms with Gasteiger partial charge in [-0.15, -0.1) is 0 Å². The van der Waals surface area contributed by atoms with E-state index in [9.17, 15) is 9.59 Å². The van der Waals surface area contributed by atoms with Crippen LogP contribution in [0.3, 0.4) is 0 Å². The number of carbonyl (C=O) groups is 2. The van der Waals surface area contributed by atoms with Gasteiger partial charge in [-0.25, -0.2) is 4.68 Å². The van der Waals surface area contributed by atoms with Crippen LogP contribution in [0.25, 0.3) is 5.69 Å². The van der Waals surface area contributed by atoms with E-state index in [0.29, 0.717) is 13.0 Å². The zero-order valence-corrected chi connectivity index (χ0v) is 18.1. The summed E-state index contributed by atoms with van der Waals surface area (Å²) in [4.78, 5) is 24.7. The number of rotatable bonds is 8. The molecule has 0 saturated heterocycles. The van der Waals surface area contributed by atoms with Gasteiger partial charge in [0.05, 0.1) is 12.2 Å². The quantitative estimate of drug-likeness (QED) is 0.688. The molecule has 6 rings (SSSR count). The Hall–Kier alpha value is -2.63. The fourth-order valence-corrected chi connectivity index (χ4v) is 6.73. The molecule has 4 aliphatic rings. The van der Waals surface area contributed by atoms with E-state index < -0.39 is 0 Å². The highest BCUT2D eigenvalue weighted by Crippen LogP contribution is 2.61. The molecule has 2 N–H and O–H groups in total. The highest BCUT2D eigenvalue weighted by Gasteiger charge is 2.51. The number of benzene rings is 1. The van der Waals surface area contributed by atoms with Crippen LogP contribution in [0, 0.1) is 23.2 Å². The van der Waals surface area contributed by atoms with Gasteiger partial charge in [-0.2, -0.15) is 5.10 Å². The van der Waals surface area contributed by atoms with Gasteiger partial charge in [0.2, 0.25) is 11.8 Å². The highest BCUT2D eigenvalue weighted by molar-refractivity contribution is 5.84. The van der Waals surface area contributed by atoms with E-state index >= 15 is 0 Å². The van der Waals surface area contributed by atoms with Crippen LogP contribution in [-0.4, -0.2) is 34.7 Å². The molecule has 4 bridgehead atoms. The summed E-state index contributed by atoms with van der Waals surface area (Å²) in [6, 6.07) is 10.0. The molecule has 1 heterocycles. The summed E-state index contributed by atoms with van der Waals surface area (Å²) in [6.07, 6.45) is 12.8. The van der Waals surface area contributed by atoms with E-state index in [4.69, 9.17) is 0 Å². The van der Waals surface area contributed by atoms with Crippen LogP contribution in [0.1, 0.15) is 50.5 Å². The molecule has 4 fully saturated rings. The molecular formula is C25H32N4O2. The molecule has 1 aromatic heterocycles. The van der Waals surface area contributed by atoms with Crippen molar-refractivity contribution in [2.45, 2.75) is 51.4 Å². The molecule has 31 heavy (non-hydrogen) atoms. The summed E-state index contributed by atoms with van der Waals surface area (Å²) >= 11 is 0. The first-order chi connectivity index (χ1) is 15.1. The van der Waals surface area contributed by atoms with Crippen molar-refractivity contribution < 1.29 is 9.59 Å². The summed E-state index contributed by atoms with van der Waals surface area (Å²) in [5.74, 6) is 2.46. The lowest BCUT2D eigenvalue weighted by Gasteiger charge is -2.56. The minimum absolute atomic E-state index is 0.0475. The van der Waals surface area contributed by atoms with Crippen molar-refractivity contribution >= 4 is 11.8 Å². The number of amides is 2. The molecule has 6 heteroatoms. The number of hydrogen-bond acceptors (Lipinski definition) is 3. The minimum atomic E-state index is -0.118. The van der Waals surface area contributed by atoms with Gasteiger partial charge in [0.15, 0.2) is 0 Å². The molecule has 4 saturated carbocycles. The molecule has 1 aromatic carbocycles. The van der Waals surface area contributed by atoms with Crippen molar-refractivity contribution in [3.05, 3.63) is 48.3 Å². The minimum Gasteiger partial charge on any atom is -0.354 e. The maximum Gasteiger partial charge on any atom is 0.239 e. The molecule has 0 atom stereocenters. The predicted molar refractivity (Wildman–Crippen MR) is 119 cm³/mol. The van der Waals surface area contributed by atoms with E-state index in [-0.39, 0.29) is 23.8 Å². The maximum atomic E-state index is 12.6. The van der Waals surface area contributed by atoms with Crippen molar-refractivity contribution in [1.82, 2.24) is 20.4 Å². The Kier molecular flexibility index (Phi) is 5.55. The average Bonchev–Trinajstić information content (AvgIpc) is 3.26. The lowest BCUT2D eigenvalue weighted by molar-refractivity contribution is -0.131. The van der Waals surface area contributed by atoms with Crippen molar-refractivity contribution in [2.24, 2.45) is 23.2 Å². The lowest BCUT2D eigenvalue weighted by atomic mass is 9.49. The summed E-state index contributed by atoms with van der Waals surface area (Å²) in [7, 11) is 0. The average molecular weight is 421 g/mol. The van der Waals surface area contributed by atoms with E-state index in [1.54, 1.807) is 6.20 Å². The Morgan fingerprint density at radius 1 is 0.968 bits per heavy atom. The second-order valence-electron chi connectivity index (χ2n) is 10.1. The summed E-state index contributed by atoms with van der Waals surface area (Å²) in [5.41, 5.74) is 2.39. The first-order valence-electron chi connectivity index (χ1n) is 11.7. The summed E-state index contributed by atoms with van der Waals surface area (Å²) < 4.78 is 1.82. The van der Waals surface area contributed by atoms with Crippen molar-refractivity contribution in [3.63, 3.8) is 0 Å². The number of aromatic nitrogens is 2. The third kappa shape index (κ3) is 4.68. The van der Waals surface area contributed by atoms with Crippen LogP contribution < -0.4 is 10.6 Å². The SMILES string of the molecule is O=C(CNC(=O)CC12CC3CC(CC(C3)C1)C2)NCCc1ccc(-n2cccn2)cc1. The fourth-order valence-electron chi connectivity index (χ4n) is 6.73. The smallest absolute Gasteiger partial charge is 0.239 e. The van der Waals surface area contributed by atoms with Crippen molar-refractivity contribution in [3.8, 4) is 5.69 Å². The molecule has 0 spiro atoms. The van der Waals surface area contributed by atoms with Crippen LogP contribution in [-0.2, 0) is 16.0 Å². The zero-order chi connectivity index (χ0) is 21.3. The van der Waals surface area contributed by atoms with Crippen LogP contribution in [0.15, 0.2) is 42.7 Å². The molecule has 0 unspecified atom stereocenters. The van der Waals surface area contributed by atoms with Crippen LogP contribution in [0.2, 0.25) is 0 Å². The Labute approximate surface area is 183 Å². The standard InChI is InChI=1S/C25H32N4O2/c30-23(16-25-13-19-10-20(14-25)12-21(11-19)15-25)27-17-24(31)26-8-6-18-2-4-22(5-3-18)29-9-1-7-28-29/h1-5,7,9,19-21H,6,8,10-17H2,(H,26,31)(H,27,30).